The molecule has 0 aliphatic carbocycles. The third-order valence-electron chi connectivity index (χ3n) is 3.90. The third kappa shape index (κ3) is 6.43. The summed E-state index contributed by atoms with van der Waals surface area (Å²) in [5.41, 5.74) is -0.0739. The molecule has 2 rings (SSSR count). The van der Waals surface area contributed by atoms with Gasteiger partial charge in [0.2, 0.25) is 5.91 Å². The minimum atomic E-state index is -0.610. The van der Waals surface area contributed by atoms with Gasteiger partial charge in [0.1, 0.15) is 5.82 Å². The number of nitrogens with one attached hydrogen (secondary N) is 2. The first-order valence-corrected chi connectivity index (χ1v) is 8.59. The molecule has 0 aromatic heterocycles. The maximum Gasteiger partial charge on any atom is 0.254 e. The van der Waals surface area contributed by atoms with E-state index in [-0.39, 0.29) is 24.1 Å². The summed E-state index contributed by atoms with van der Waals surface area (Å²) in [6.07, 6.45) is -0.0567. The van der Waals surface area contributed by atoms with Gasteiger partial charge in [-0.25, -0.2) is 4.39 Å². The highest BCUT2D eigenvalue weighted by Crippen LogP contribution is 2.07. The van der Waals surface area contributed by atoms with Gasteiger partial charge < -0.3 is 15.4 Å². The van der Waals surface area contributed by atoms with E-state index in [0.717, 1.165) is 19.6 Å². The molecule has 6 nitrogen and oxygen atoms in total. The van der Waals surface area contributed by atoms with Crippen LogP contribution in [-0.2, 0) is 9.53 Å². The quantitative estimate of drug-likeness (QED) is 0.770. The second-order valence-corrected chi connectivity index (χ2v) is 6.61. The lowest BCUT2D eigenvalue weighted by Gasteiger charge is -2.33. The van der Waals surface area contributed by atoms with Crippen molar-refractivity contribution in [2.45, 2.75) is 20.0 Å². The molecule has 1 aliphatic heterocycles. The van der Waals surface area contributed by atoms with Crippen LogP contribution < -0.4 is 10.6 Å². The van der Waals surface area contributed by atoms with Gasteiger partial charge in [-0.2, -0.15) is 0 Å². The Bertz CT molecular complexity index is 595. The summed E-state index contributed by atoms with van der Waals surface area (Å²) in [6, 6.07) is 5.66. The molecule has 7 heteroatoms. The van der Waals surface area contributed by atoms with Gasteiger partial charge in [-0.3, -0.25) is 14.5 Å². The zero-order valence-corrected chi connectivity index (χ0v) is 14.8. The Morgan fingerprint density at radius 1 is 1.32 bits per heavy atom. The molecule has 138 valence electrons. The van der Waals surface area contributed by atoms with E-state index < -0.39 is 11.7 Å². The molecule has 0 unspecified atom stereocenters. The van der Waals surface area contributed by atoms with Gasteiger partial charge >= 0.3 is 0 Å². The molecule has 0 saturated carbocycles. The molecule has 0 bridgehead atoms. The topological polar surface area (TPSA) is 70.7 Å². The molecule has 0 spiro atoms. The number of carbonyl (C=O) groups excluding carboxylic acids is 2. The van der Waals surface area contributed by atoms with E-state index in [1.54, 1.807) is 6.07 Å². The molecule has 1 aromatic rings. The molecule has 1 aliphatic rings. The molecule has 2 N–H and O–H groups in total. The van der Waals surface area contributed by atoms with Gasteiger partial charge in [0.15, 0.2) is 0 Å². The summed E-state index contributed by atoms with van der Waals surface area (Å²) >= 11 is 0. The SMILES string of the molecule is CC(C)CN1CCO[C@H](CNC(=O)CNC(=O)c2ccccc2F)C1. The van der Waals surface area contributed by atoms with Gasteiger partial charge in [-0.15, -0.1) is 0 Å². The average Bonchev–Trinajstić information content (AvgIpc) is 2.58. The number of carbonyl (C=O) groups is 2. The lowest BCUT2D eigenvalue weighted by atomic mass is 10.2. The minimum Gasteiger partial charge on any atom is -0.374 e. The van der Waals surface area contributed by atoms with Crippen LogP contribution in [0.1, 0.15) is 24.2 Å². The van der Waals surface area contributed by atoms with Crippen LogP contribution in [0, 0.1) is 11.7 Å². The van der Waals surface area contributed by atoms with E-state index >= 15 is 0 Å². The van der Waals surface area contributed by atoms with Crippen molar-refractivity contribution in [3.63, 3.8) is 0 Å². The molecule has 2 amide bonds. The summed E-state index contributed by atoms with van der Waals surface area (Å²) in [4.78, 5) is 26.1. The molecule has 1 atom stereocenters. The van der Waals surface area contributed by atoms with Gasteiger partial charge in [-0.1, -0.05) is 26.0 Å². The van der Waals surface area contributed by atoms with Crippen molar-refractivity contribution in [3.05, 3.63) is 35.6 Å². The van der Waals surface area contributed by atoms with Gasteiger partial charge in [0.25, 0.3) is 5.91 Å². The lowest BCUT2D eigenvalue weighted by molar-refractivity contribution is -0.121. The van der Waals surface area contributed by atoms with Crippen molar-refractivity contribution in [3.8, 4) is 0 Å². The number of amides is 2. The van der Waals surface area contributed by atoms with Crippen molar-refractivity contribution >= 4 is 11.8 Å². The minimum absolute atomic E-state index is 0.0567. The van der Waals surface area contributed by atoms with Crippen LogP contribution in [0.15, 0.2) is 24.3 Å². The van der Waals surface area contributed by atoms with Crippen LogP contribution in [-0.4, -0.2) is 62.1 Å². The van der Waals surface area contributed by atoms with Crippen LogP contribution in [0.4, 0.5) is 4.39 Å². The second kappa shape index (κ2) is 9.48. The monoisotopic (exact) mass is 351 g/mol. The number of halogens is 1. The number of rotatable bonds is 7. The lowest BCUT2D eigenvalue weighted by Crippen LogP contribution is -2.49. The van der Waals surface area contributed by atoms with E-state index in [1.165, 1.54) is 18.2 Å². The summed E-state index contributed by atoms with van der Waals surface area (Å²) in [5, 5.41) is 5.17. The van der Waals surface area contributed by atoms with Crippen molar-refractivity contribution < 1.29 is 18.7 Å². The Hall–Kier alpha value is -1.99. The van der Waals surface area contributed by atoms with Crippen molar-refractivity contribution in [2.75, 3.05) is 39.3 Å². The van der Waals surface area contributed by atoms with E-state index in [1.807, 2.05) is 0 Å². The number of hydrogen-bond donors (Lipinski definition) is 2. The Balaban J connectivity index is 1.70. The second-order valence-electron chi connectivity index (χ2n) is 6.61. The standard InChI is InChI=1S/C18H26FN3O3/c1-13(2)11-22-7-8-25-14(12-22)9-20-17(23)10-21-18(24)15-5-3-4-6-16(15)19/h3-6,13-14H,7-12H2,1-2H3,(H,20,23)(H,21,24)/t14-/m1/s1. The number of nitrogens with zero attached hydrogens (tertiary/aromatic N) is 1. The Morgan fingerprint density at radius 3 is 2.80 bits per heavy atom. The highest BCUT2D eigenvalue weighted by molar-refractivity contribution is 5.96. The smallest absolute Gasteiger partial charge is 0.254 e. The van der Waals surface area contributed by atoms with E-state index in [0.29, 0.717) is 19.1 Å². The predicted molar refractivity (Wildman–Crippen MR) is 92.8 cm³/mol. The zero-order valence-electron chi connectivity index (χ0n) is 14.8. The van der Waals surface area contributed by atoms with Gasteiger partial charge in [-0.05, 0) is 18.1 Å². The molecule has 1 aromatic carbocycles. The van der Waals surface area contributed by atoms with Crippen LogP contribution in [0.5, 0.6) is 0 Å². The number of hydrogen-bond acceptors (Lipinski definition) is 4. The highest BCUT2D eigenvalue weighted by Gasteiger charge is 2.21. The number of morpholine rings is 1. The maximum absolute atomic E-state index is 13.5. The van der Waals surface area contributed by atoms with Gasteiger partial charge in [0.05, 0.1) is 24.8 Å². The zero-order chi connectivity index (χ0) is 18.2. The van der Waals surface area contributed by atoms with Gasteiger partial charge in [0, 0.05) is 26.2 Å². The first-order valence-electron chi connectivity index (χ1n) is 8.59. The fourth-order valence-electron chi connectivity index (χ4n) is 2.78. The molecule has 1 saturated heterocycles. The van der Waals surface area contributed by atoms with Crippen molar-refractivity contribution in [1.29, 1.82) is 0 Å². The fraction of sp³-hybridized carbons (Fsp3) is 0.556. The van der Waals surface area contributed by atoms with Crippen LogP contribution in [0.2, 0.25) is 0 Å². The Labute approximate surface area is 147 Å². The van der Waals surface area contributed by atoms with Crippen LogP contribution in [0.3, 0.4) is 0 Å². The third-order valence-corrected chi connectivity index (χ3v) is 3.90. The molecule has 0 radical (unpaired) electrons. The summed E-state index contributed by atoms with van der Waals surface area (Å²) in [7, 11) is 0. The molecule has 25 heavy (non-hydrogen) atoms. The van der Waals surface area contributed by atoms with Crippen molar-refractivity contribution in [2.24, 2.45) is 5.92 Å². The van der Waals surface area contributed by atoms with Crippen molar-refractivity contribution in [1.82, 2.24) is 15.5 Å². The Morgan fingerprint density at radius 2 is 2.08 bits per heavy atom. The normalized spacial score (nSPS) is 18.2. The summed E-state index contributed by atoms with van der Waals surface area (Å²) in [6.45, 7) is 7.87. The molecular weight excluding hydrogens is 325 g/mol. The predicted octanol–water partition coefficient (Wildman–Crippen LogP) is 1.03. The average molecular weight is 351 g/mol. The number of benzene rings is 1. The molecular formula is C18H26FN3O3. The molecule has 1 heterocycles. The van der Waals surface area contributed by atoms with Crippen LogP contribution >= 0.6 is 0 Å². The highest BCUT2D eigenvalue weighted by atomic mass is 19.1. The first-order chi connectivity index (χ1) is 12.0. The molecule has 1 fully saturated rings. The fourth-order valence-corrected chi connectivity index (χ4v) is 2.78. The summed E-state index contributed by atoms with van der Waals surface area (Å²) in [5.74, 6) is -0.956. The largest absolute Gasteiger partial charge is 0.374 e. The van der Waals surface area contributed by atoms with E-state index in [2.05, 4.69) is 29.4 Å². The van der Waals surface area contributed by atoms with E-state index in [9.17, 15) is 14.0 Å². The van der Waals surface area contributed by atoms with E-state index in [4.69, 9.17) is 4.74 Å². The maximum atomic E-state index is 13.5. The number of ether oxygens (including phenoxy) is 1. The summed E-state index contributed by atoms with van der Waals surface area (Å²) < 4.78 is 19.2. The Kier molecular flexibility index (Phi) is 7.33. The first kappa shape index (κ1) is 19.3. The van der Waals surface area contributed by atoms with Crippen LogP contribution in [0.25, 0.3) is 0 Å².